The Bertz CT molecular complexity index is 136. The topological polar surface area (TPSA) is 46.0 Å². The van der Waals surface area contributed by atoms with Crippen molar-refractivity contribution in [1.29, 1.82) is 0 Å². The van der Waals surface area contributed by atoms with Crippen LogP contribution in [0.1, 0.15) is 12.8 Å². The maximum Gasteiger partial charge on any atom is 0.115 e. The maximum absolute atomic E-state index is 8.17. The molecule has 0 aromatic carbocycles. The number of nitrogens with zero attached hydrogens (tertiary/aromatic N) is 2. The van der Waals surface area contributed by atoms with E-state index in [1.54, 1.807) is 18.5 Å². The van der Waals surface area contributed by atoms with Gasteiger partial charge in [-0.1, -0.05) is 0 Å². The van der Waals surface area contributed by atoms with Gasteiger partial charge in [0.15, 0.2) is 0 Å². The van der Waals surface area contributed by atoms with Crippen molar-refractivity contribution in [2.75, 3.05) is 0 Å². The molecule has 1 aliphatic rings. The molecule has 2 rings (SSSR count). The lowest BCUT2D eigenvalue weighted by molar-refractivity contribution is 0.279. The zero-order valence-corrected chi connectivity index (χ0v) is 5.64. The lowest BCUT2D eigenvalue weighted by Crippen LogP contribution is -1.66. The van der Waals surface area contributed by atoms with Gasteiger partial charge in [0.1, 0.15) is 6.33 Å². The Labute approximate surface area is 59.8 Å². The first-order valence-electron chi connectivity index (χ1n) is 3.27. The minimum atomic E-state index is 0.0833. The number of aromatic nitrogens is 2. The summed E-state index contributed by atoms with van der Waals surface area (Å²) in [7, 11) is 0. The highest BCUT2D eigenvalue weighted by Crippen LogP contribution is 2.16. The van der Waals surface area contributed by atoms with E-state index in [2.05, 4.69) is 9.97 Å². The lowest BCUT2D eigenvalue weighted by Gasteiger charge is -1.70. The molecule has 1 aromatic rings. The standard InChI is InChI=1S/C4H4N2.C3H6O/c1-2-5-4-6-3-1;4-3-1-2-3/h1-4H;3-4H,1-2H2. The molecular weight excluding hydrogens is 128 g/mol. The minimum absolute atomic E-state index is 0.0833. The summed E-state index contributed by atoms with van der Waals surface area (Å²) in [6, 6.07) is 1.78. The molecule has 10 heavy (non-hydrogen) atoms. The van der Waals surface area contributed by atoms with E-state index in [4.69, 9.17) is 5.11 Å². The lowest BCUT2D eigenvalue weighted by atomic mass is 10.7. The van der Waals surface area contributed by atoms with Gasteiger partial charge in [0.05, 0.1) is 6.10 Å². The third-order valence-electron chi connectivity index (χ3n) is 1.02. The Morgan fingerprint density at radius 3 is 1.80 bits per heavy atom. The van der Waals surface area contributed by atoms with Crippen molar-refractivity contribution < 1.29 is 5.11 Å². The predicted molar refractivity (Wildman–Crippen MR) is 37.3 cm³/mol. The van der Waals surface area contributed by atoms with Crippen LogP contribution in [0.5, 0.6) is 0 Å². The highest BCUT2D eigenvalue weighted by Gasteiger charge is 2.15. The van der Waals surface area contributed by atoms with E-state index in [1.165, 1.54) is 6.33 Å². The van der Waals surface area contributed by atoms with Gasteiger partial charge in [0.2, 0.25) is 0 Å². The van der Waals surface area contributed by atoms with Crippen LogP contribution in [0.4, 0.5) is 0 Å². The molecule has 1 N–H and O–H groups in total. The van der Waals surface area contributed by atoms with Crippen LogP contribution in [-0.2, 0) is 0 Å². The number of hydrogen-bond acceptors (Lipinski definition) is 3. The first-order chi connectivity index (χ1) is 4.89. The summed E-state index contributed by atoms with van der Waals surface area (Å²) in [5.74, 6) is 0. The molecule has 0 bridgehead atoms. The van der Waals surface area contributed by atoms with E-state index in [0.29, 0.717) is 0 Å². The summed E-state index contributed by atoms with van der Waals surface area (Å²) in [6.07, 6.45) is 7.04. The van der Waals surface area contributed by atoms with Crippen molar-refractivity contribution in [2.45, 2.75) is 18.9 Å². The van der Waals surface area contributed by atoms with E-state index in [1.807, 2.05) is 0 Å². The molecule has 54 valence electrons. The average Bonchev–Trinajstić information content (AvgIpc) is 2.77. The molecule has 3 nitrogen and oxygen atoms in total. The van der Waals surface area contributed by atoms with Crippen molar-refractivity contribution in [2.24, 2.45) is 0 Å². The van der Waals surface area contributed by atoms with E-state index < -0.39 is 0 Å². The Morgan fingerprint density at radius 2 is 1.70 bits per heavy atom. The Hall–Kier alpha value is -0.960. The van der Waals surface area contributed by atoms with Crippen molar-refractivity contribution in [3.8, 4) is 0 Å². The maximum atomic E-state index is 8.17. The van der Waals surface area contributed by atoms with Crippen LogP contribution in [0.2, 0.25) is 0 Å². The first-order valence-corrected chi connectivity index (χ1v) is 3.27. The zero-order chi connectivity index (χ0) is 7.23. The number of aliphatic hydroxyl groups excluding tert-OH is 1. The molecule has 1 saturated carbocycles. The fraction of sp³-hybridized carbons (Fsp3) is 0.429. The van der Waals surface area contributed by atoms with Crippen molar-refractivity contribution in [3.05, 3.63) is 24.8 Å². The molecule has 0 unspecified atom stereocenters. The molecule has 3 heteroatoms. The van der Waals surface area contributed by atoms with Gasteiger partial charge >= 0.3 is 0 Å². The second kappa shape index (κ2) is 3.95. The molecular formula is C7H10N2O. The van der Waals surface area contributed by atoms with Crippen LogP contribution in [0.15, 0.2) is 24.8 Å². The summed E-state index contributed by atoms with van der Waals surface area (Å²) >= 11 is 0. The van der Waals surface area contributed by atoms with Crippen LogP contribution in [0, 0.1) is 0 Å². The molecule has 1 heterocycles. The minimum Gasteiger partial charge on any atom is -0.393 e. The quantitative estimate of drug-likeness (QED) is 0.571. The molecule has 0 spiro atoms. The summed E-state index contributed by atoms with van der Waals surface area (Å²) in [5.41, 5.74) is 0. The normalized spacial score (nSPS) is 15.3. The second-order valence-electron chi connectivity index (χ2n) is 2.14. The summed E-state index contributed by atoms with van der Waals surface area (Å²) in [6.45, 7) is 0. The average molecular weight is 138 g/mol. The van der Waals surface area contributed by atoms with Crippen LogP contribution < -0.4 is 0 Å². The van der Waals surface area contributed by atoms with E-state index in [0.717, 1.165) is 12.8 Å². The fourth-order valence-electron chi connectivity index (χ4n) is 0.328. The number of aliphatic hydroxyl groups is 1. The SMILES string of the molecule is OC1CC1.c1cncnc1. The molecule has 1 aromatic heterocycles. The first kappa shape index (κ1) is 7.15. The van der Waals surface area contributed by atoms with Crippen LogP contribution in [-0.4, -0.2) is 21.2 Å². The highest BCUT2D eigenvalue weighted by molar-refractivity contribution is 4.74. The van der Waals surface area contributed by atoms with E-state index in [-0.39, 0.29) is 6.10 Å². The number of hydrogen-bond donors (Lipinski definition) is 1. The molecule has 0 aliphatic heterocycles. The van der Waals surface area contributed by atoms with Gasteiger partial charge < -0.3 is 5.11 Å². The largest absolute Gasteiger partial charge is 0.393 e. The van der Waals surface area contributed by atoms with Gasteiger partial charge in [0.25, 0.3) is 0 Å². The van der Waals surface area contributed by atoms with Gasteiger partial charge in [-0.15, -0.1) is 0 Å². The van der Waals surface area contributed by atoms with Crippen LogP contribution in [0.3, 0.4) is 0 Å². The third kappa shape index (κ3) is 3.97. The van der Waals surface area contributed by atoms with Crippen molar-refractivity contribution in [3.63, 3.8) is 0 Å². The second-order valence-corrected chi connectivity index (χ2v) is 2.14. The Kier molecular flexibility index (Phi) is 2.83. The van der Waals surface area contributed by atoms with Gasteiger partial charge in [0, 0.05) is 12.4 Å². The Morgan fingerprint density at radius 1 is 1.20 bits per heavy atom. The number of rotatable bonds is 0. The molecule has 0 saturated heterocycles. The molecule has 0 amide bonds. The fourth-order valence-corrected chi connectivity index (χ4v) is 0.328. The van der Waals surface area contributed by atoms with Gasteiger partial charge in [-0.05, 0) is 18.9 Å². The van der Waals surface area contributed by atoms with Crippen LogP contribution in [0.25, 0.3) is 0 Å². The highest BCUT2D eigenvalue weighted by atomic mass is 16.3. The zero-order valence-electron chi connectivity index (χ0n) is 5.64. The smallest absolute Gasteiger partial charge is 0.115 e. The van der Waals surface area contributed by atoms with Crippen molar-refractivity contribution in [1.82, 2.24) is 9.97 Å². The van der Waals surface area contributed by atoms with E-state index in [9.17, 15) is 0 Å². The Balaban J connectivity index is 0.000000108. The molecule has 1 fully saturated rings. The van der Waals surface area contributed by atoms with Gasteiger partial charge in [-0.2, -0.15) is 0 Å². The monoisotopic (exact) mass is 138 g/mol. The molecule has 1 aliphatic carbocycles. The van der Waals surface area contributed by atoms with Gasteiger partial charge in [-0.25, -0.2) is 9.97 Å². The summed E-state index contributed by atoms with van der Waals surface area (Å²) in [5, 5.41) is 8.17. The van der Waals surface area contributed by atoms with Crippen molar-refractivity contribution >= 4 is 0 Å². The van der Waals surface area contributed by atoms with E-state index >= 15 is 0 Å². The summed E-state index contributed by atoms with van der Waals surface area (Å²) in [4.78, 5) is 7.35. The molecule has 0 atom stereocenters. The molecule has 0 radical (unpaired) electrons. The summed E-state index contributed by atoms with van der Waals surface area (Å²) < 4.78 is 0. The van der Waals surface area contributed by atoms with Gasteiger partial charge in [-0.3, -0.25) is 0 Å². The van der Waals surface area contributed by atoms with Crippen LogP contribution >= 0.6 is 0 Å². The third-order valence-corrected chi connectivity index (χ3v) is 1.02. The predicted octanol–water partition coefficient (Wildman–Crippen LogP) is 0.618.